The van der Waals surface area contributed by atoms with Crippen LogP contribution in [0, 0.1) is 5.82 Å². The molecule has 0 aliphatic carbocycles. The Morgan fingerprint density at radius 2 is 1.44 bits per heavy atom. The average molecular weight is 465 g/mol. The zero-order valence-electron chi connectivity index (χ0n) is 18.7. The molecule has 0 atom stereocenters. The van der Waals surface area contributed by atoms with Crippen molar-refractivity contribution in [3.63, 3.8) is 0 Å². The van der Waals surface area contributed by atoms with Crippen LogP contribution in [0.1, 0.15) is 11.1 Å². The number of ether oxygens (including phenoxy) is 2. The van der Waals surface area contributed by atoms with Gasteiger partial charge < -0.3 is 14.8 Å². The fraction of sp³-hybridized carbons (Fsp3) is 0.231. The molecular weight excluding hydrogens is 437 g/mol. The maximum absolute atomic E-state index is 15.3. The minimum absolute atomic E-state index is 0.105. The van der Waals surface area contributed by atoms with Gasteiger partial charge in [-0.25, -0.2) is 9.18 Å². The van der Waals surface area contributed by atoms with Crippen LogP contribution in [0.3, 0.4) is 0 Å². The lowest BCUT2D eigenvalue weighted by molar-refractivity contribution is 0.0920. The van der Waals surface area contributed by atoms with Crippen LogP contribution in [0.4, 0.5) is 25.4 Å². The standard InChI is InChI=1S/C26H26FN3O4/c27-23-17-22(29-25(31)33-18-20-7-3-1-4-8-20)11-12-24(23)30(15-13-28-14-16-30)26(32)34-19-21-9-5-2-6-10-21/h1-12,17,28H,13-16,18-19H2/p+1. The lowest BCUT2D eigenvalue weighted by Crippen LogP contribution is -2.63. The molecule has 3 aromatic rings. The SMILES string of the molecule is O=C(Nc1ccc([N+]2(C(=O)OCc3ccccc3)CCNCC2)c(F)c1)OCc1ccccc1. The van der Waals surface area contributed by atoms with Crippen LogP contribution in [-0.4, -0.2) is 38.4 Å². The van der Waals surface area contributed by atoms with E-state index in [1.807, 2.05) is 60.7 Å². The molecule has 34 heavy (non-hydrogen) atoms. The number of nitrogens with one attached hydrogen (secondary N) is 2. The third-order valence-corrected chi connectivity index (χ3v) is 5.76. The van der Waals surface area contributed by atoms with Gasteiger partial charge in [-0.05, 0) is 17.2 Å². The Labute approximate surface area is 197 Å². The van der Waals surface area contributed by atoms with Crippen molar-refractivity contribution in [3.8, 4) is 0 Å². The first kappa shape index (κ1) is 23.4. The van der Waals surface area contributed by atoms with E-state index in [1.54, 1.807) is 6.07 Å². The number of halogens is 1. The van der Waals surface area contributed by atoms with Crippen molar-refractivity contribution in [3.05, 3.63) is 95.8 Å². The molecule has 1 heterocycles. The van der Waals surface area contributed by atoms with Crippen molar-refractivity contribution in [1.29, 1.82) is 0 Å². The van der Waals surface area contributed by atoms with Crippen molar-refractivity contribution in [1.82, 2.24) is 9.80 Å². The van der Waals surface area contributed by atoms with Crippen LogP contribution in [0.2, 0.25) is 0 Å². The number of hydrogen-bond donors (Lipinski definition) is 2. The zero-order chi connectivity index (χ0) is 23.8. The van der Waals surface area contributed by atoms with Gasteiger partial charge in [0.2, 0.25) is 0 Å². The Bertz CT molecular complexity index is 1120. The van der Waals surface area contributed by atoms with Crippen LogP contribution >= 0.6 is 0 Å². The fourth-order valence-corrected chi connectivity index (χ4v) is 3.95. The smallest absolute Gasteiger partial charge is 0.444 e. The molecule has 3 aromatic carbocycles. The fourth-order valence-electron chi connectivity index (χ4n) is 3.95. The lowest BCUT2D eigenvalue weighted by atomic mass is 10.1. The van der Waals surface area contributed by atoms with Gasteiger partial charge in [0.05, 0.1) is 0 Å². The van der Waals surface area contributed by atoms with Crippen LogP contribution in [-0.2, 0) is 22.7 Å². The number of rotatable bonds is 6. The van der Waals surface area contributed by atoms with E-state index in [0.717, 1.165) is 11.1 Å². The first-order valence-electron chi connectivity index (χ1n) is 11.1. The largest absolute Gasteiger partial charge is 0.521 e. The van der Waals surface area contributed by atoms with E-state index in [4.69, 9.17) is 9.47 Å². The van der Waals surface area contributed by atoms with Crippen molar-refractivity contribution in [2.24, 2.45) is 0 Å². The van der Waals surface area contributed by atoms with Gasteiger partial charge in [-0.1, -0.05) is 60.7 Å². The highest BCUT2D eigenvalue weighted by molar-refractivity contribution is 5.86. The Hall–Kier alpha value is -3.75. The molecule has 4 rings (SSSR count). The molecule has 0 spiro atoms. The molecule has 1 saturated heterocycles. The third-order valence-electron chi connectivity index (χ3n) is 5.76. The van der Waals surface area contributed by atoms with Gasteiger partial charge in [-0.15, -0.1) is 0 Å². The minimum Gasteiger partial charge on any atom is -0.444 e. The Balaban J connectivity index is 1.45. The molecular formula is C26H27FN3O4+. The molecule has 8 heteroatoms. The molecule has 7 nitrogen and oxygen atoms in total. The van der Waals surface area contributed by atoms with Gasteiger partial charge in [-0.2, -0.15) is 9.28 Å². The second kappa shape index (κ2) is 10.9. The summed E-state index contributed by atoms with van der Waals surface area (Å²) in [4.78, 5) is 25.3. The molecule has 0 unspecified atom stereocenters. The van der Waals surface area contributed by atoms with E-state index in [9.17, 15) is 9.59 Å². The first-order chi connectivity index (χ1) is 16.6. The van der Waals surface area contributed by atoms with Gasteiger partial charge in [0.1, 0.15) is 26.3 Å². The Morgan fingerprint density at radius 1 is 0.853 bits per heavy atom. The van der Waals surface area contributed by atoms with E-state index in [1.165, 1.54) is 12.1 Å². The summed E-state index contributed by atoms with van der Waals surface area (Å²) in [5.41, 5.74) is 2.16. The molecule has 1 aliphatic rings. The van der Waals surface area contributed by atoms with E-state index in [-0.39, 0.29) is 29.1 Å². The monoisotopic (exact) mass is 464 g/mol. The number of anilines is 1. The molecule has 176 valence electrons. The number of carbonyl (C=O) groups is 2. The van der Waals surface area contributed by atoms with Crippen molar-refractivity contribution in [2.45, 2.75) is 13.2 Å². The molecule has 1 fully saturated rings. The predicted octanol–water partition coefficient (Wildman–Crippen LogP) is 4.82. The molecule has 0 radical (unpaired) electrons. The Morgan fingerprint density at radius 3 is 2.03 bits per heavy atom. The van der Waals surface area contributed by atoms with E-state index in [0.29, 0.717) is 26.2 Å². The molecule has 0 saturated carbocycles. The highest BCUT2D eigenvalue weighted by atomic mass is 19.1. The summed E-state index contributed by atoms with van der Waals surface area (Å²) in [5.74, 6) is -0.598. The third kappa shape index (κ3) is 5.59. The Kier molecular flexibility index (Phi) is 7.51. The molecule has 0 aromatic heterocycles. The van der Waals surface area contributed by atoms with Crippen LogP contribution < -0.4 is 15.1 Å². The summed E-state index contributed by atoms with van der Waals surface area (Å²) in [6.07, 6.45) is -1.20. The van der Waals surface area contributed by atoms with Crippen molar-refractivity contribution in [2.75, 3.05) is 31.5 Å². The summed E-state index contributed by atoms with van der Waals surface area (Å²) in [5, 5.41) is 5.74. The second-order valence-corrected chi connectivity index (χ2v) is 8.06. The van der Waals surface area contributed by atoms with E-state index >= 15 is 4.39 Å². The summed E-state index contributed by atoms with van der Waals surface area (Å²) < 4.78 is 25.8. The lowest BCUT2D eigenvalue weighted by Gasteiger charge is -2.37. The van der Waals surface area contributed by atoms with Crippen LogP contribution in [0.25, 0.3) is 0 Å². The number of nitrogens with zero attached hydrogens (tertiary/aromatic N) is 1. The molecule has 1 aliphatic heterocycles. The molecule has 0 bridgehead atoms. The van der Waals surface area contributed by atoms with Gasteiger partial charge in [0.25, 0.3) is 0 Å². The highest BCUT2D eigenvalue weighted by Gasteiger charge is 2.44. The summed E-state index contributed by atoms with van der Waals surface area (Å²) in [6, 6.07) is 22.9. The number of carbonyl (C=O) groups excluding carboxylic acids is 2. The van der Waals surface area contributed by atoms with Gasteiger partial charge in [0, 0.05) is 30.9 Å². The predicted molar refractivity (Wildman–Crippen MR) is 128 cm³/mol. The number of quaternary nitrogens is 1. The second-order valence-electron chi connectivity index (χ2n) is 8.06. The van der Waals surface area contributed by atoms with Gasteiger partial charge >= 0.3 is 12.2 Å². The average Bonchev–Trinajstić information content (AvgIpc) is 2.88. The number of amides is 2. The first-order valence-corrected chi connectivity index (χ1v) is 11.1. The minimum atomic E-state index is -0.690. The van der Waals surface area contributed by atoms with Crippen LogP contribution in [0.15, 0.2) is 78.9 Å². The summed E-state index contributed by atoms with van der Waals surface area (Å²) in [7, 11) is 0. The normalized spacial score (nSPS) is 14.7. The maximum atomic E-state index is 15.3. The summed E-state index contributed by atoms with van der Waals surface area (Å²) >= 11 is 0. The number of hydrogen-bond acceptors (Lipinski definition) is 5. The maximum Gasteiger partial charge on any atom is 0.521 e. The topological polar surface area (TPSA) is 76.7 Å². The quantitative estimate of drug-likeness (QED) is 0.512. The van der Waals surface area contributed by atoms with Gasteiger partial charge in [0.15, 0.2) is 11.5 Å². The zero-order valence-corrected chi connectivity index (χ0v) is 18.7. The van der Waals surface area contributed by atoms with Crippen molar-refractivity contribution >= 4 is 23.6 Å². The van der Waals surface area contributed by atoms with E-state index in [2.05, 4.69) is 10.6 Å². The van der Waals surface area contributed by atoms with Crippen molar-refractivity contribution < 1.29 is 23.5 Å². The molecule has 2 amide bonds. The van der Waals surface area contributed by atoms with Crippen LogP contribution in [0.5, 0.6) is 0 Å². The number of benzene rings is 3. The molecule has 2 N–H and O–H groups in total. The van der Waals surface area contributed by atoms with E-state index < -0.39 is 18.0 Å². The van der Waals surface area contributed by atoms with Gasteiger partial charge in [-0.3, -0.25) is 5.32 Å². The number of piperazine rings is 1. The summed E-state index contributed by atoms with van der Waals surface area (Å²) in [6.45, 7) is 2.03. The highest BCUT2D eigenvalue weighted by Crippen LogP contribution is 2.31.